The summed E-state index contributed by atoms with van der Waals surface area (Å²) in [5.41, 5.74) is 5.68. The Bertz CT molecular complexity index is 228. The first-order valence-corrected chi connectivity index (χ1v) is 6.49. The summed E-state index contributed by atoms with van der Waals surface area (Å²) < 4.78 is 0. The zero-order chi connectivity index (χ0) is 12.1. The maximum Gasteiger partial charge on any atom is 0.220 e. The monoisotopic (exact) mass is 226 g/mol. The van der Waals surface area contributed by atoms with Gasteiger partial charge in [-0.25, -0.2) is 0 Å². The van der Waals surface area contributed by atoms with Crippen LogP contribution in [0.15, 0.2) is 0 Å². The average molecular weight is 226 g/mol. The molecule has 0 bridgehead atoms. The van der Waals surface area contributed by atoms with Gasteiger partial charge in [0.05, 0.1) is 0 Å². The number of hydrogen-bond donors (Lipinski definition) is 2. The summed E-state index contributed by atoms with van der Waals surface area (Å²) in [6.07, 6.45) is 2.91. The van der Waals surface area contributed by atoms with Crippen LogP contribution in [0.1, 0.15) is 40.0 Å². The first kappa shape index (κ1) is 13.5. The summed E-state index contributed by atoms with van der Waals surface area (Å²) in [6, 6.07) is 0. The van der Waals surface area contributed by atoms with Crippen molar-refractivity contribution < 1.29 is 4.79 Å². The maximum absolute atomic E-state index is 11.7. The largest absolute Gasteiger partial charge is 0.356 e. The summed E-state index contributed by atoms with van der Waals surface area (Å²) in [6.45, 7) is 8.06. The van der Waals surface area contributed by atoms with E-state index in [0.29, 0.717) is 24.8 Å². The van der Waals surface area contributed by atoms with Crippen LogP contribution in [-0.2, 0) is 4.79 Å². The first-order valence-electron chi connectivity index (χ1n) is 6.49. The highest BCUT2D eigenvalue weighted by atomic mass is 16.1. The fourth-order valence-corrected chi connectivity index (χ4v) is 2.19. The molecule has 1 rings (SSSR count). The number of rotatable bonds is 7. The van der Waals surface area contributed by atoms with Crippen LogP contribution in [0.25, 0.3) is 0 Å². The molecule has 1 aliphatic rings. The highest BCUT2D eigenvalue weighted by molar-refractivity contribution is 5.76. The molecule has 0 aromatic heterocycles. The Hall–Kier alpha value is -0.570. The lowest BCUT2D eigenvalue weighted by atomic mass is 9.94. The summed E-state index contributed by atoms with van der Waals surface area (Å²) in [4.78, 5) is 11.7. The molecule has 3 atom stereocenters. The SMILES string of the molecule is CC(C)CC(CN)CC(=O)NCC1CC1C. The van der Waals surface area contributed by atoms with E-state index in [4.69, 9.17) is 5.73 Å². The number of carbonyl (C=O) groups excluding carboxylic acids is 1. The van der Waals surface area contributed by atoms with Crippen LogP contribution < -0.4 is 11.1 Å². The minimum atomic E-state index is 0.176. The second-order valence-electron chi connectivity index (χ2n) is 5.71. The van der Waals surface area contributed by atoms with Crippen LogP contribution in [0.4, 0.5) is 0 Å². The van der Waals surface area contributed by atoms with Gasteiger partial charge in [-0.2, -0.15) is 0 Å². The Kier molecular flexibility index (Phi) is 5.26. The van der Waals surface area contributed by atoms with Crippen molar-refractivity contribution >= 4 is 5.91 Å². The third kappa shape index (κ3) is 4.97. The van der Waals surface area contributed by atoms with Crippen molar-refractivity contribution in [1.29, 1.82) is 0 Å². The molecule has 3 unspecified atom stereocenters. The van der Waals surface area contributed by atoms with E-state index < -0.39 is 0 Å². The topological polar surface area (TPSA) is 55.1 Å². The van der Waals surface area contributed by atoms with Gasteiger partial charge in [0.2, 0.25) is 5.91 Å². The normalized spacial score (nSPS) is 25.6. The molecule has 3 nitrogen and oxygen atoms in total. The van der Waals surface area contributed by atoms with Crippen molar-refractivity contribution in [3.8, 4) is 0 Å². The predicted octanol–water partition coefficient (Wildman–Crippen LogP) is 1.77. The number of nitrogens with two attached hydrogens (primary N) is 1. The van der Waals surface area contributed by atoms with Gasteiger partial charge in [0.25, 0.3) is 0 Å². The molecule has 0 radical (unpaired) electrons. The van der Waals surface area contributed by atoms with Crippen molar-refractivity contribution in [2.24, 2.45) is 29.4 Å². The lowest BCUT2D eigenvalue weighted by molar-refractivity contribution is -0.122. The highest BCUT2D eigenvalue weighted by Gasteiger charge is 2.32. The molecule has 16 heavy (non-hydrogen) atoms. The third-order valence-electron chi connectivity index (χ3n) is 3.45. The van der Waals surface area contributed by atoms with Gasteiger partial charge < -0.3 is 11.1 Å². The maximum atomic E-state index is 11.7. The first-order chi connectivity index (χ1) is 7.52. The molecule has 0 spiro atoms. The molecule has 0 heterocycles. The van der Waals surface area contributed by atoms with Crippen LogP contribution >= 0.6 is 0 Å². The van der Waals surface area contributed by atoms with Gasteiger partial charge in [-0.15, -0.1) is 0 Å². The molecule has 1 fully saturated rings. The Morgan fingerprint density at radius 2 is 2.12 bits per heavy atom. The summed E-state index contributed by atoms with van der Waals surface area (Å²) in [7, 11) is 0. The van der Waals surface area contributed by atoms with Crippen molar-refractivity contribution in [3.05, 3.63) is 0 Å². The zero-order valence-corrected chi connectivity index (χ0v) is 10.8. The number of amides is 1. The quantitative estimate of drug-likeness (QED) is 0.695. The third-order valence-corrected chi connectivity index (χ3v) is 3.45. The lowest BCUT2D eigenvalue weighted by Crippen LogP contribution is -2.30. The van der Waals surface area contributed by atoms with E-state index in [2.05, 4.69) is 26.1 Å². The molecule has 1 saturated carbocycles. The molecule has 3 heteroatoms. The zero-order valence-electron chi connectivity index (χ0n) is 10.8. The summed E-state index contributed by atoms with van der Waals surface area (Å²) >= 11 is 0. The molecule has 3 N–H and O–H groups in total. The Morgan fingerprint density at radius 1 is 1.50 bits per heavy atom. The van der Waals surface area contributed by atoms with Gasteiger partial charge in [-0.05, 0) is 43.1 Å². The van der Waals surface area contributed by atoms with Crippen LogP contribution in [0.2, 0.25) is 0 Å². The van der Waals surface area contributed by atoms with Gasteiger partial charge >= 0.3 is 0 Å². The minimum absolute atomic E-state index is 0.176. The smallest absolute Gasteiger partial charge is 0.220 e. The van der Waals surface area contributed by atoms with E-state index in [0.717, 1.165) is 24.8 Å². The van der Waals surface area contributed by atoms with Crippen molar-refractivity contribution in [3.63, 3.8) is 0 Å². The van der Waals surface area contributed by atoms with E-state index in [1.54, 1.807) is 0 Å². The number of nitrogens with one attached hydrogen (secondary N) is 1. The van der Waals surface area contributed by atoms with Crippen LogP contribution in [0.3, 0.4) is 0 Å². The fraction of sp³-hybridized carbons (Fsp3) is 0.923. The lowest BCUT2D eigenvalue weighted by Gasteiger charge is -2.16. The van der Waals surface area contributed by atoms with E-state index in [-0.39, 0.29) is 5.91 Å². The second-order valence-corrected chi connectivity index (χ2v) is 5.71. The molecule has 94 valence electrons. The van der Waals surface area contributed by atoms with Gasteiger partial charge in [0.1, 0.15) is 0 Å². The van der Waals surface area contributed by atoms with E-state index in [1.807, 2.05) is 0 Å². The van der Waals surface area contributed by atoms with Crippen LogP contribution in [0, 0.1) is 23.7 Å². The summed E-state index contributed by atoms with van der Waals surface area (Å²) in [5, 5.41) is 3.02. The molecule has 1 aliphatic carbocycles. The predicted molar refractivity (Wildman–Crippen MR) is 66.9 cm³/mol. The van der Waals surface area contributed by atoms with E-state index >= 15 is 0 Å². The van der Waals surface area contributed by atoms with Gasteiger partial charge in [-0.1, -0.05) is 20.8 Å². The average Bonchev–Trinajstić information content (AvgIpc) is 2.90. The van der Waals surface area contributed by atoms with Gasteiger partial charge in [0.15, 0.2) is 0 Å². The molecular formula is C13H26N2O. The fourth-order valence-electron chi connectivity index (χ4n) is 2.19. The molecule has 0 aromatic rings. The van der Waals surface area contributed by atoms with Gasteiger partial charge in [0, 0.05) is 13.0 Å². The Morgan fingerprint density at radius 3 is 2.56 bits per heavy atom. The standard InChI is InChI=1S/C13H26N2O/c1-9(2)4-11(7-14)6-13(16)15-8-12-5-10(12)3/h9-12H,4-8,14H2,1-3H3,(H,15,16). The highest BCUT2D eigenvalue weighted by Crippen LogP contribution is 2.36. The second kappa shape index (κ2) is 6.24. The van der Waals surface area contributed by atoms with Gasteiger partial charge in [-0.3, -0.25) is 4.79 Å². The van der Waals surface area contributed by atoms with E-state index in [9.17, 15) is 4.79 Å². The number of carbonyl (C=O) groups is 1. The summed E-state index contributed by atoms with van der Waals surface area (Å²) in [5.74, 6) is 2.67. The number of hydrogen-bond acceptors (Lipinski definition) is 2. The van der Waals surface area contributed by atoms with E-state index in [1.165, 1.54) is 6.42 Å². The van der Waals surface area contributed by atoms with Crippen molar-refractivity contribution in [1.82, 2.24) is 5.32 Å². The minimum Gasteiger partial charge on any atom is -0.356 e. The van der Waals surface area contributed by atoms with Crippen molar-refractivity contribution in [2.75, 3.05) is 13.1 Å². The van der Waals surface area contributed by atoms with Crippen LogP contribution in [0.5, 0.6) is 0 Å². The molecule has 0 aliphatic heterocycles. The molecule has 0 aromatic carbocycles. The molecule has 1 amide bonds. The van der Waals surface area contributed by atoms with Crippen molar-refractivity contribution in [2.45, 2.75) is 40.0 Å². The Balaban J connectivity index is 2.15. The van der Waals surface area contributed by atoms with Crippen LogP contribution in [-0.4, -0.2) is 19.0 Å². The Labute approximate surface area is 99.2 Å². The molecule has 0 saturated heterocycles. The molecular weight excluding hydrogens is 200 g/mol.